The fourth-order valence-electron chi connectivity index (χ4n) is 1.42. The van der Waals surface area contributed by atoms with Gasteiger partial charge < -0.3 is 10.9 Å². The third kappa shape index (κ3) is 4.72. The van der Waals surface area contributed by atoms with Gasteiger partial charge in [-0.05, 0) is 19.9 Å². The number of nitrogens with two attached hydrogens (primary N) is 1. The molecule has 0 aliphatic carbocycles. The number of likely N-dealkylation sites (N-methyl/N-ethyl adjacent to an activating group) is 1. The molecule has 0 aliphatic rings. The van der Waals surface area contributed by atoms with Crippen LogP contribution in [0.1, 0.15) is 33.6 Å². The highest BCUT2D eigenvalue weighted by Gasteiger charge is 2.11. The molecule has 78 valence electrons. The minimum Gasteiger partial charge on any atom is -0.409 e. The molecular weight excluding hydrogens is 166 g/mol. The summed E-state index contributed by atoms with van der Waals surface area (Å²) in [5.41, 5.74) is 5.44. The first-order valence-electron chi connectivity index (χ1n) is 4.86. The van der Waals surface area contributed by atoms with Crippen molar-refractivity contribution >= 4 is 5.84 Å². The molecule has 0 heterocycles. The minimum absolute atomic E-state index is 0.282. The lowest BCUT2D eigenvalue weighted by molar-refractivity contribution is 0.233. The standard InChI is InChI=1S/C9H21N3O/c1-4-6-8(3)12(5-2)7-9(10)11-13/h8,13H,4-7H2,1-3H3,(H2,10,11). The largest absolute Gasteiger partial charge is 0.409 e. The lowest BCUT2D eigenvalue weighted by atomic mass is 10.1. The van der Waals surface area contributed by atoms with Crippen LogP contribution in [-0.4, -0.2) is 35.1 Å². The third-order valence-corrected chi connectivity index (χ3v) is 2.23. The number of rotatable bonds is 6. The molecule has 0 aromatic heterocycles. The van der Waals surface area contributed by atoms with Crippen molar-refractivity contribution in [2.24, 2.45) is 10.9 Å². The van der Waals surface area contributed by atoms with E-state index in [0.717, 1.165) is 19.4 Å². The molecule has 0 bridgehead atoms. The van der Waals surface area contributed by atoms with Gasteiger partial charge in [0.05, 0.1) is 6.54 Å². The molecule has 1 atom stereocenters. The van der Waals surface area contributed by atoms with E-state index in [-0.39, 0.29) is 5.84 Å². The number of hydrogen-bond donors (Lipinski definition) is 2. The van der Waals surface area contributed by atoms with E-state index in [1.165, 1.54) is 0 Å². The molecule has 13 heavy (non-hydrogen) atoms. The van der Waals surface area contributed by atoms with Crippen molar-refractivity contribution in [3.05, 3.63) is 0 Å². The van der Waals surface area contributed by atoms with Gasteiger partial charge in [0.2, 0.25) is 0 Å². The van der Waals surface area contributed by atoms with Gasteiger partial charge in [0, 0.05) is 6.04 Å². The van der Waals surface area contributed by atoms with Gasteiger partial charge >= 0.3 is 0 Å². The average molecular weight is 187 g/mol. The Morgan fingerprint density at radius 2 is 2.15 bits per heavy atom. The van der Waals surface area contributed by atoms with Crippen LogP contribution in [0, 0.1) is 0 Å². The third-order valence-electron chi connectivity index (χ3n) is 2.23. The molecule has 1 unspecified atom stereocenters. The molecule has 0 amide bonds. The molecule has 0 aromatic rings. The maximum atomic E-state index is 8.43. The van der Waals surface area contributed by atoms with E-state index in [2.05, 4.69) is 30.8 Å². The summed E-state index contributed by atoms with van der Waals surface area (Å²) in [5, 5.41) is 11.4. The highest BCUT2D eigenvalue weighted by Crippen LogP contribution is 2.05. The Morgan fingerprint density at radius 3 is 2.54 bits per heavy atom. The minimum atomic E-state index is 0.282. The quantitative estimate of drug-likeness (QED) is 0.285. The van der Waals surface area contributed by atoms with Crippen molar-refractivity contribution in [2.45, 2.75) is 39.7 Å². The van der Waals surface area contributed by atoms with E-state index in [0.29, 0.717) is 12.6 Å². The van der Waals surface area contributed by atoms with Crippen molar-refractivity contribution in [2.75, 3.05) is 13.1 Å². The van der Waals surface area contributed by atoms with Crippen molar-refractivity contribution in [1.82, 2.24) is 4.90 Å². The first-order chi connectivity index (χ1) is 6.15. The number of hydrogen-bond acceptors (Lipinski definition) is 3. The molecule has 4 nitrogen and oxygen atoms in total. The van der Waals surface area contributed by atoms with Crippen LogP contribution >= 0.6 is 0 Å². The molecule has 0 aromatic carbocycles. The summed E-state index contributed by atoms with van der Waals surface area (Å²) in [7, 11) is 0. The lowest BCUT2D eigenvalue weighted by Gasteiger charge is -2.26. The van der Waals surface area contributed by atoms with Gasteiger partial charge in [-0.25, -0.2) is 0 Å². The Bertz CT molecular complexity index is 159. The molecule has 4 heteroatoms. The van der Waals surface area contributed by atoms with Gasteiger partial charge in [-0.1, -0.05) is 25.4 Å². The second-order valence-corrected chi connectivity index (χ2v) is 3.29. The fourth-order valence-corrected chi connectivity index (χ4v) is 1.42. The maximum Gasteiger partial charge on any atom is 0.153 e. The van der Waals surface area contributed by atoms with Crippen LogP contribution in [0.3, 0.4) is 0 Å². The van der Waals surface area contributed by atoms with Gasteiger partial charge in [-0.2, -0.15) is 0 Å². The smallest absolute Gasteiger partial charge is 0.153 e. The van der Waals surface area contributed by atoms with Gasteiger partial charge in [0.1, 0.15) is 0 Å². The number of oxime groups is 1. The van der Waals surface area contributed by atoms with E-state index in [4.69, 9.17) is 10.9 Å². The van der Waals surface area contributed by atoms with Crippen LogP contribution in [0.5, 0.6) is 0 Å². The Kier molecular flexibility index (Phi) is 6.32. The first kappa shape index (κ1) is 12.2. The Labute approximate surface area is 80.4 Å². The van der Waals surface area contributed by atoms with Gasteiger partial charge in [-0.15, -0.1) is 0 Å². The maximum absolute atomic E-state index is 8.43. The van der Waals surface area contributed by atoms with E-state index in [9.17, 15) is 0 Å². The van der Waals surface area contributed by atoms with Crippen molar-refractivity contribution in [3.63, 3.8) is 0 Å². The second-order valence-electron chi connectivity index (χ2n) is 3.29. The summed E-state index contributed by atoms with van der Waals surface area (Å²) in [4.78, 5) is 2.19. The van der Waals surface area contributed by atoms with E-state index in [1.807, 2.05) is 0 Å². The highest BCUT2D eigenvalue weighted by molar-refractivity contribution is 5.81. The summed E-state index contributed by atoms with van der Waals surface area (Å²) < 4.78 is 0. The zero-order chi connectivity index (χ0) is 10.3. The average Bonchev–Trinajstić information content (AvgIpc) is 2.14. The van der Waals surface area contributed by atoms with Crippen LogP contribution < -0.4 is 5.73 Å². The summed E-state index contributed by atoms with van der Waals surface area (Å²) in [6.07, 6.45) is 2.31. The fraction of sp³-hybridized carbons (Fsp3) is 0.889. The molecule has 0 saturated heterocycles. The molecule has 0 spiro atoms. The van der Waals surface area contributed by atoms with Crippen molar-refractivity contribution < 1.29 is 5.21 Å². The predicted octanol–water partition coefficient (Wildman–Crippen LogP) is 1.24. The first-order valence-corrected chi connectivity index (χ1v) is 4.86. The zero-order valence-electron chi connectivity index (χ0n) is 8.82. The SMILES string of the molecule is CCCC(C)N(CC)CC(N)=NO. The Morgan fingerprint density at radius 1 is 1.54 bits per heavy atom. The Hall–Kier alpha value is -0.770. The molecule has 0 aliphatic heterocycles. The summed E-state index contributed by atoms with van der Waals surface area (Å²) in [6.45, 7) is 7.88. The summed E-state index contributed by atoms with van der Waals surface area (Å²) >= 11 is 0. The van der Waals surface area contributed by atoms with Gasteiger partial charge in [0.15, 0.2) is 5.84 Å². The highest BCUT2D eigenvalue weighted by atomic mass is 16.4. The van der Waals surface area contributed by atoms with Gasteiger partial charge in [0.25, 0.3) is 0 Å². The Balaban J connectivity index is 4.01. The predicted molar refractivity (Wildman–Crippen MR) is 55.0 cm³/mol. The topological polar surface area (TPSA) is 61.8 Å². The number of amidine groups is 1. The van der Waals surface area contributed by atoms with E-state index >= 15 is 0 Å². The van der Waals surface area contributed by atoms with Crippen LogP contribution in [0.15, 0.2) is 5.16 Å². The molecule has 0 radical (unpaired) electrons. The van der Waals surface area contributed by atoms with Gasteiger partial charge in [-0.3, -0.25) is 4.90 Å². The summed E-state index contributed by atoms with van der Waals surface area (Å²) in [6, 6.07) is 0.496. The lowest BCUT2D eigenvalue weighted by Crippen LogP contribution is -2.39. The van der Waals surface area contributed by atoms with Crippen LogP contribution in [0.4, 0.5) is 0 Å². The van der Waals surface area contributed by atoms with Crippen LogP contribution in [-0.2, 0) is 0 Å². The normalized spacial score (nSPS) is 14.9. The second kappa shape index (κ2) is 6.71. The summed E-state index contributed by atoms with van der Waals surface area (Å²) in [5.74, 6) is 0.282. The molecule has 0 rings (SSSR count). The molecular formula is C9H21N3O. The van der Waals surface area contributed by atoms with Crippen LogP contribution in [0.25, 0.3) is 0 Å². The van der Waals surface area contributed by atoms with E-state index < -0.39 is 0 Å². The van der Waals surface area contributed by atoms with Crippen LogP contribution in [0.2, 0.25) is 0 Å². The van der Waals surface area contributed by atoms with Crippen molar-refractivity contribution in [1.29, 1.82) is 0 Å². The monoisotopic (exact) mass is 187 g/mol. The van der Waals surface area contributed by atoms with E-state index in [1.54, 1.807) is 0 Å². The zero-order valence-corrected chi connectivity index (χ0v) is 8.82. The molecule has 0 fully saturated rings. The molecule has 0 saturated carbocycles. The number of nitrogens with zero attached hydrogens (tertiary/aromatic N) is 2. The van der Waals surface area contributed by atoms with Crippen molar-refractivity contribution in [3.8, 4) is 0 Å². The molecule has 3 N–H and O–H groups in total.